The zero-order valence-electron chi connectivity index (χ0n) is 14.4. The molecule has 5 heteroatoms. The standard InChI is InChI=1S/C17H27BN2O2/c1-13-8-6-7-11-20(13)14-9-10-19-15(12-14)18-21-16(2,3)17(4,5)22-18/h9-10,12-13H,6-8,11H2,1-5H3. The SMILES string of the molecule is CC1CCCCN1c1ccnc(B2OC(C)(C)C(C)(C)O2)c1. The molecule has 3 rings (SSSR count). The van der Waals surface area contributed by atoms with Gasteiger partial charge in [-0.1, -0.05) is 0 Å². The summed E-state index contributed by atoms with van der Waals surface area (Å²) in [6.45, 7) is 11.7. The summed E-state index contributed by atoms with van der Waals surface area (Å²) in [6, 6.07) is 4.81. The average molecular weight is 302 g/mol. The lowest BCUT2D eigenvalue weighted by Gasteiger charge is -2.35. The van der Waals surface area contributed by atoms with Crippen molar-refractivity contribution in [3.05, 3.63) is 18.3 Å². The van der Waals surface area contributed by atoms with Gasteiger partial charge in [-0.2, -0.15) is 0 Å². The molecule has 3 heterocycles. The number of hydrogen-bond donors (Lipinski definition) is 0. The maximum absolute atomic E-state index is 6.12. The van der Waals surface area contributed by atoms with Gasteiger partial charge in [-0.25, -0.2) is 0 Å². The molecule has 2 aliphatic rings. The van der Waals surface area contributed by atoms with Crippen LogP contribution < -0.4 is 10.5 Å². The molecule has 2 fully saturated rings. The largest absolute Gasteiger partial charge is 0.514 e. The van der Waals surface area contributed by atoms with Crippen molar-refractivity contribution in [1.82, 2.24) is 4.98 Å². The third-order valence-corrected chi connectivity index (χ3v) is 5.39. The van der Waals surface area contributed by atoms with Crippen LogP contribution in [0.4, 0.5) is 5.69 Å². The molecule has 2 aliphatic heterocycles. The second-order valence-corrected chi connectivity index (χ2v) is 7.57. The quantitative estimate of drug-likeness (QED) is 0.787. The number of aromatic nitrogens is 1. The molecule has 1 unspecified atom stereocenters. The fraction of sp³-hybridized carbons (Fsp3) is 0.706. The Kier molecular flexibility index (Phi) is 3.98. The van der Waals surface area contributed by atoms with Crippen molar-refractivity contribution < 1.29 is 9.31 Å². The lowest BCUT2D eigenvalue weighted by molar-refractivity contribution is 0.00578. The molecule has 0 saturated carbocycles. The van der Waals surface area contributed by atoms with E-state index < -0.39 is 0 Å². The number of anilines is 1. The number of piperidine rings is 1. The molecule has 2 saturated heterocycles. The molecule has 0 aliphatic carbocycles. The maximum atomic E-state index is 6.12. The highest BCUT2D eigenvalue weighted by Gasteiger charge is 2.52. The van der Waals surface area contributed by atoms with E-state index in [-0.39, 0.29) is 18.3 Å². The van der Waals surface area contributed by atoms with Crippen molar-refractivity contribution in [2.75, 3.05) is 11.4 Å². The fourth-order valence-corrected chi connectivity index (χ4v) is 3.19. The highest BCUT2D eigenvalue weighted by atomic mass is 16.7. The van der Waals surface area contributed by atoms with Gasteiger partial charge < -0.3 is 14.2 Å². The van der Waals surface area contributed by atoms with Crippen molar-refractivity contribution in [2.24, 2.45) is 0 Å². The molecule has 4 nitrogen and oxygen atoms in total. The summed E-state index contributed by atoms with van der Waals surface area (Å²) >= 11 is 0. The Balaban J connectivity index is 1.83. The Morgan fingerprint density at radius 2 is 1.86 bits per heavy atom. The molecule has 0 radical (unpaired) electrons. The zero-order chi connectivity index (χ0) is 16.0. The van der Waals surface area contributed by atoms with Crippen LogP contribution in [-0.4, -0.2) is 35.9 Å². The monoisotopic (exact) mass is 302 g/mol. The minimum atomic E-state index is -0.384. The molecule has 0 N–H and O–H groups in total. The molecule has 0 spiro atoms. The third-order valence-electron chi connectivity index (χ3n) is 5.39. The second-order valence-electron chi connectivity index (χ2n) is 7.57. The number of hydrogen-bond acceptors (Lipinski definition) is 4. The minimum Gasteiger partial charge on any atom is -0.398 e. The van der Waals surface area contributed by atoms with E-state index in [1.165, 1.54) is 24.9 Å². The molecule has 120 valence electrons. The van der Waals surface area contributed by atoms with Gasteiger partial charge in [-0.3, -0.25) is 4.98 Å². The Hall–Kier alpha value is -1.07. The van der Waals surface area contributed by atoms with E-state index in [4.69, 9.17) is 9.31 Å². The van der Waals surface area contributed by atoms with Crippen LogP contribution in [0.15, 0.2) is 18.3 Å². The van der Waals surface area contributed by atoms with Gasteiger partial charge in [0.2, 0.25) is 0 Å². The van der Waals surface area contributed by atoms with E-state index in [9.17, 15) is 0 Å². The first kappa shape index (κ1) is 15.8. The number of nitrogens with zero attached hydrogens (tertiary/aromatic N) is 2. The van der Waals surface area contributed by atoms with Crippen molar-refractivity contribution in [1.29, 1.82) is 0 Å². The molecular formula is C17H27BN2O2. The van der Waals surface area contributed by atoms with Crippen LogP contribution in [0.1, 0.15) is 53.9 Å². The van der Waals surface area contributed by atoms with Gasteiger partial charge in [0.05, 0.1) is 16.8 Å². The van der Waals surface area contributed by atoms with E-state index in [1.807, 2.05) is 6.20 Å². The van der Waals surface area contributed by atoms with Crippen LogP contribution in [-0.2, 0) is 9.31 Å². The third kappa shape index (κ3) is 2.76. The predicted octanol–water partition coefficient (Wildman–Crippen LogP) is 2.76. The topological polar surface area (TPSA) is 34.6 Å². The van der Waals surface area contributed by atoms with E-state index >= 15 is 0 Å². The van der Waals surface area contributed by atoms with Crippen LogP contribution >= 0.6 is 0 Å². The van der Waals surface area contributed by atoms with Crippen LogP contribution in [0.25, 0.3) is 0 Å². The molecule has 0 amide bonds. The molecule has 1 aromatic rings. The molecule has 0 aromatic carbocycles. The summed E-state index contributed by atoms with van der Waals surface area (Å²) in [7, 11) is -0.384. The molecule has 22 heavy (non-hydrogen) atoms. The van der Waals surface area contributed by atoms with Gasteiger partial charge in [0.1, 0.15) is 0 Å². The summed E-state index contributed by atoms with van der Waals surface area (Å²) < 4.78 is 12.2. The maximum Gasteiger partial charge on any atom is 0.514 e. The van der Waals surface area contributed by atoms with E-state index in [2.05, 4.69) is 56.6 Å². The number of rotatable bonds is 2. The zero-order valence-corrected chi connectivity index (χ0v) is 14.4. The van der Waals surface area contributed by atoms with Crippen LogP contribution in [0.2, 0.25) is 0 Å². The van der Waals surface area contributed by atoms with Crippen molar-refractivity contribution in [2.45, 2.75) is 71.1 Å². The lowest BCUT2D eigenvalue weighted by Crippen LogP contribution is -2.41. The highest BCUT2D eigenvalue weighted by molar-refractivity contribution is 6.61. The van der Waals surface area contributed by atoms with Gasteiger partial charge in [0, 0.05) is 24.5 Å². The number of pyridine rings is 1. The Morgan fingerprint density at radius 1 is 1.18 bits per heavy atom. The summed E-state index contributed by atoms with van der Waals surface area (Å²) in [4.78, 5) is 6.97. The normalized spacial score (nSPS) is 27.2. The van der Waals surface area contributed by atoms with Crippen LogP contribution in [0, 0.1) is 0 Å². The van der Waals surface area contributed by atoms with Crippen LogP contribution in [0.3, 0.4) is 0 Å². The van der Waals surface area contributed by atoms with Crippen molar-refractivity contribution in [3.8, 4) is 0 Å². The molecule has 1 atom stereocenters. The fourth-order valence-electron chi connectivity index (χ4n) is 3.19. The van der Waals surface area contributed by atoms with Gasteiger partial charge in [0.25, 0.3) is 0 Å². The van der Waals surface area contributed by atoms with Gasteiger partial charge >= 0.3 is 7.12 Å². The predicted molar refractivity (Wildman–Crippen MR) is 90.6 cm³/mol. The highest BCUT2D eigenvalue weighted by Crippen LogP contribution is 2.36. The van der Waals surface area contributed by atoms with Crippen LogP contribution in [0.5, 0.6) is 0 Å². The summed E-state index contributed by atoms with van der Waals surface area (Å²) in [5.41, 5.74) is 1.45. The van der Waals surface area contributed by atoms with Gasteiger partial charge in [-0.15, -0.1) is 0 Å². The Bertz CT molecular complexity index is 531. The second kappa shape index (κ2) is 5.53. The first-order chi connectivity index (χ1) is 10.3. The molecule has 0 bridgehead atoms. The molecule has 1 aromatic heterocycles. The molecular weight excluding hydrogens is 275 g/mol. The van der Waals surface area contributed by atoms with E-state index in [0.29, 0.717) is 6.04 Å². The first-order valence-corrected chi connectivity index (χ1v) is 8.38. The van der Waals surface area contributed by atoms with Gasteiger partial charge in [0.15, 0.2) is 0 Å². The average Bonchev–Trinajstić information content (AvgIpc) is 2.68. The van der Waals surface area contributed by atoms with Gasteiger partial charge in [-0.05, 0) is 66.0 Å². The van der Waals surface area contributed by atoms with E-state index in [0.717, 1.165) is 12.1 Å². The van der Waals surface area contributed by atoms with E-state index in [1.54, 1.807) is 0 Å². The smallest absolute Gasteiger partial charge is 0.398 e. The Labute approximate surface area is 134 Å². The summed E-state index contributed by atoms with van der Waals surface area (Å²) in [5, 5.41) is 0. The van der Waals surface area contributed by atoms with Crippen molar-refractivity contribution >= 4 is 18.4 Å². The van der Waals surface area contributed by atoms with Crippen molar-refractivity contribution in [3.63, 3.8) is 0 Å². The summed E-state index contributed by atoms with van der Waals surface area (Å²) in [6.07, 6.45) is 5.72. The minimum absolute atomic E-state index is 0.326. The summed E-state index contributed by atoms with van der Waals surface area (Å²) in [5.74, 6) is 0. The Morgan fingerprint density at radius 3 is 2.50 bits per heavy atom. The lowest BCUT2D eigenvalue weighted by atomic mass is 9.84. The first-order valence-electron chi connectivity index (χ1n) is 8.38.